The lowest BCUT2D eigenvalue weighted by atomic mass is 9.72. The molecular formula is C32H42BClN. The monoisotopic (exact) mass is 486 g/mol. The summed E-state index contributed by atoms with van der Waals surface area (Å²) in [6, 6.07) is 7.46. The molecule has 3 unspecified atom stereocenters. The molecule has 1 aliphatic carbocycles. The van der Waals surface area contributed by atoms with E-state index in [-0.39, 0.29) is 0 Å². The zero-order chi connectivity index (χ0) is 25.4. The van der Waals surface area contributed by atoms with Crippen molar-refractivity contribution in [3.63, 3.8) is 0 Å². The molecule has 1 radical (unpaired) electrons. The van der Waals surface area contributed by atoms with Crippen LogP contribution < -0.4 is 10.4 Å². The number of nitrogens with zero attached hydrogens (tertiary/aromatic N) is 1. The third kappa shape index (κ3) is 7.17. The smallest absolute Gasteiger partial charge is 0.148 e. The van der Waals surface area contributed by atoms with E-state index in [4.69, 9.17) is 11.6 Å². The summed E-state index contributed by atoms with van der Waals surface area (Å²) in [6.07, 6.45) is 21.4. The van der Waals surface area contributed by atoms with Crippen LogP contribution in [0.15, 0.2) is 89.6 Å². The van der Waals surface area contributed by atoms with Crippen LogP contribution in [-0.4, -0.2) is 19.9 Å². The number of fused-ring (bicyclic) bond motifs is 1. The van der Waals surface area contributed by atoms with Crippen molar-refractivity contribution in [2.75, 3.05) is 11.4 Å². The van der Waals surface area contributed by atoms with Crippen LogP contribution in [0.25, 0.3) is 0 Å². The van der Waals surface area contributed by atoms with Crippen LogP contribution in [0.4, 0.5) is 5.69 Å². The number of halogens is 1. The second-order valence-corrected chi connectivity index (χ2v) is 10.8. The van der Waals surface area contributed by atoms with Crippen LogP contribution >= 0.6 is 11.6 Å². The molecule has 2 aliphatic rings. The van der Waals surface area contributed by atoms with E-state index in [2.05, 4.69) is 102 Å². The summed E-state index contributed by atoms with van der Waals surface area (Å²) in [5.41, 5.74) is 7.18. The molecule has 0 saturated carbocycles. The normalized spacial score (nSPS) is 21.1. The Labute approximate surface area is 220 Å². The average Bonchev–Trinajstić information content (AvgIpc) is 2.97. The second kappa shape index (κ2) is 13.2. The molecule has 0 aromatic heterocycles. The van der Waals surface area contributed by atoms with Gasteiger partial charge in [0.2, 0.25) is 0 Å². The molecule has 1 heterocycles. The van der Waals surface area contributed by atoms with E-state index in [9.17, 15) is 0 Å². The van der Waals surface area contributed by atoms with Crippen molar-refractivity contribution in [2.45, 2.75) is 72.2 Å². The third-order valence-corrected chi connectivity index (χ3v) is 7.61. The first-order valence-electron chi connectivity index (χ1n) is 13.3. The Morgan fingerprint density at radius 1 is 1.26 bits per heavy atom. The first kappa shape index (κ1) is 27.4. The minimum Gasteiger partial charge on any atom is -0.367 e. The third-order valence-electron chi connectivity index (χ3n) is 7.33. The van der Waals surface area contributed by atoms with Gasteiger partial charge >= 0.3 is 0 Å². The quantitative estimate of drug-likeness (QED) is 0.172. The Balaban J connectivity index is 1.84. The van der Waals surface area contributed by atoms with Gasteiger partial charge in [0, 0.05) is 29.2 Å². The summed E-state index contributed by atoms with van der Waals surface area (Å²) >= 11 is 6.32. The van der Waals surface area contributed by atoms with Gasteiger partial charge in [-0.1, -0.05) is 118 Å². The molecule has 3 atom stereocenters. The zero-order valence-electron chi connectivity index (χ0n) is 22.3. The Bertz CT molecular complexity index is 1030. The summed E-state index contributed by atoms with van der Waals surface area (Å²) in [5.74, 6) is 1.64. The molecule has 1 nitrogen and oxygen atoms in total. The van der Waals surface area contributed by atoms with Crippen LogP contribution in [0.1, 0.15) is 64.9 Å². The van der Waals surface area contributed by atoms with Gasteiger partial charge in [0.05, 0.1) is 0 Å². The first-order valence-corrected chi connectivity index (χ1v) is 13.6. The maximum atomic E-state index is 6.32. The van der Waals surface area contributed by atoms with Gasteiger partial charge in [0.25, 0.3) is 0 Å². The molecule has 1 aromatic carbocycles. The summed E-state index contributed by atoms with van der Waals surface area (Å²) in [7, 11) is 2.21. The van der Waals surface area contributed by atoms with Crippen LogP contribution in [0, 0.1) is 11.8 Å². The molecular weight excluding hydrogens is 445 g/mol. The topological polar surface area (TPSA) is 3.24 Å². The second-order valence-electron chi connectivity index (χ2n) is 10.4. The first-order chi connectivity index (χ1) is 16.8. The lowest BCUT2D eigenvalue weighted by molar-refractivity contribution is 0.436. The fourth-order valence-electron chi connectivity index (χ4n) is 5.54. The van der Waals surface area contributed by atoms with Gasteiger partial charge in [-0.25, -0.2) is 0 Å². The minimum absolute atomic E-state index is 0.455. The summed E-state index contributed by atoms with van der Waals surface area (Å²) < 4.78 is 0. The number of benzene rings is 1. The molecule has 0 N–H and O–H groups in total. The van der Waals surface area contributed by atoms with Gasteiger partial charge in [-0.3, -0.25) is 0 Å². The largest absolute Gasteiger partial charge is 0.367 e. The molecule has 3 rings (SSSR count). The average molecular weight is 487 g/mol. The van der Waals surface area contributed by atoms with Crippen LogP contribution in [0.3, 0.4) is 0 Å². The van der Waals surface area contributed by atoms with Crippen molar-refractivity contribution in [3.8, 4) is 0 Å². The molecule has 0 spiro atoms. The Kier molecular flexibility index (Phi) is 10.3. The highest BCUT2D eigenvalue weighted by Crippen LogP contribution is 2.45. The van der Waals surface area contributed by atoms with E-state index in [1.807, 2.05) is 12.2 Å². The predicted octanol–water partition coefficient (Wildman–Crippen LogP) is 8.50. The number of rotatable bonds is 11. The fourth-order valence-corrected chi connectivity index (χ4v) is 5.73. The maximum absolute atomic E-state index is 6.32. The highest BCUT2D eigenvalue weighted by Gasteiger charge is 2.39. The fraction of sp³-hybridized carbons (Fsp3) is 0.438. The van der Waals surface area contributed by atoms with E-state index in [1.54, 1.807) is 6.08 Å². The van der Waals surface area contributed by atoms with E-state index < -0.39 is 0 Å². The highest BCUT2D eigenvalue weighted by atomic mass is 35.5. The lowest BCUT2D eigenvalue weighted by Crippen LogP contribution is -2.40. The van der Waals surface area contributed by atoms with Crippen molar-refractivity contribution < 1.29 is 0 Å². The van der Waals surface area contributed by atoms with Crippen LogP contribution in [0.2, 0.25) is 6.82 Å². The minimum atomic E-state index is 0.455. The van der Waals surface area contributed by atoms with E-state index in [1.165, 1.54) is 27.9 Å². The van der Waals surface area contributed by atoms with Crippen molar-refractivity contribution in [1.82, 2.24) is 0 Å². The van der Waals surface area contributed by atoms with Gasteiger partial charge < -0.3 is 4.90 Å². The number of unbranched alkanes of at least 4 members (excludes halogenated alkanes) is 1. The predicted molar refractivity (Wildman–Crippen MR) is 158 cm³/mol. The Hall–Kier alpha value is -2.19. The standard InChI is InChI=1S/C32H42BClN/c1-7-8-14-29(34)15-9-10-20-35-31-19-18-28(33-6)22-30(31)25(5)32(35)24(4)27-13-11-12-26(16-17-27)21-23(2)3/h7-8,11-12,14-19,22-25,32H,1,9-10,13,20-21H2,2-6H3/b14-8-,29-15+. The number of hydrogen-bond donors (Lipinski definition) is 0. The molecule has 3 heteroatoms. The molecule has 185 valence electrons. The van der Waals surface area contributed by atoms with Crippen LogP contribution in [-0.2, 0) is 0 Å². The summed E-state index contributed by atoms with van der Waals surface area (Å²) in [6.45, 7) is 16.3. The van der Waals surface area contributed by atoms with E-state index in [0.29, 0.717) is 23.8 Å². The van der Waals surface area contributed by atoms with Gasteiger partial charge in [-0.2, -0.15) is 0 Å². The molecule has 0 fully saturated rings. The molecule has 0 bridgehead atoms. The number of hydrogen-bond acceptors (Lipinski definition) is 1. The van der Waals surface area contributed by atoms with Crippen molar-refractivity contribution >= 4 is 30.0 Å². The Morgan fingerprint density at radius 3 is 2.77 bits per heavy atom. The molecule has 1 aliphatic heterocycles. The number of allylic oxidation sites excluding steroid dienone is 10. The lowest BCUT2D eigenvalue weighted by Gasteiger charge is -2.35. The molecule has 1 aromatic rings. The van der Waals surface area contributed by atoms with Crippen molar-refractivity contribution in [2.24, 2.45) is 11.8 Å². The van der Waals surface area contributed by atoms with Gasteiger partial charge in [-0.05, 0) is 60.8 Å². The zero-order valence-corrected chi connectivity index (χ0v) is 23.1. The van der Waals surface area contributed by atoms with E-state index in [0.717, 1.165) is 37.3 Å². The maximum Gasteiger partial charge on any atom is 0.148 e. The van der Waals surface area contributed by atoms with Crippen molar-refractivity contribution in [1.29, 1.82) is 0 Å². The van der Waals surface area contributed by atoms with Gasteiger partial charge in [0.1, 0.15) is 7.28 Å². The van der Waals surface area contributed by atoms with E-state index >= 15 is 0 Å². The molecule has 0 saturated heterocycles. The van der Waals surface area contributed by atoms with Gasteiger partial charge in [-0.15, -0.1) is 0 Å². The summed E-state index contributed by atoms with van der Waals surface area (Å²) in [4.78, 5) is 2.68. The Morgan fingerprint density at radius 2 is 2.06 bits per heavy atom. The number of anilines is 1. The molecule has 35 heavy (non-hydrogen) atoms. The highest BCUT2D eigenvalue weighted by molar-refractivity contribution is 6.52. The van der Waals surface area contributed by atoms with Gasteiger partial charge in [0.15, 0.2) is 0 Å². The summed E-state index contributed by atoms with van der Waals surface area (Å²) in [5, 5.41) is 0.785. The SMILES string of the molecule is C=C/C=C\C(Cl)=C/CCCN1c2ccc([B]C)cc2C(C)C1C(C)C1=CC=C(CC(C)C)C=CC1. The van der Waals surface area contributed by atoms with Crippen LogP contribution in [0.5, 0.6) is 0 Å². The van der Waals surface area contributed by atoms with Crippen molar-refractivity contribution in [3.05, 3.63) is 95.1 Å². The molecule has 0 amide bonds.